The second kappa shape index (κ2) is 12.4. The lowest BCUT2D eigenvalue weighted by Gasteiger charge is -2.26. The molecule has 4 rings (SSSR count). The molecule has 1 aliphatic rings. The first kappa shape index (κ1) is 28.5. The first-order valence-electron chi connectivity index (χ1n) is 12.7. The maximum Gasteiger partial charge on any atom is 0.276 e. The molecule has 0 bridgehead atoms. The fraction of sp³-hybridized carbons (Fsp3) is 0.400. The second-order valence-corrected chi connectivity index (χ2v) is 9.31. The zero-order valence-corrected chi connectivity index (χ0v) is 21.3. The van der Waals surface area contributed by atoms with Gasteiger partial charge in [0.15, 0.2) is 23.1 Å². The number of hydrogen-bond acceptors (Lipinski definition) is 2. The van der Waals surface area contributed by atoms with Crippen LogP contribution in [-0.4, -0.2) is 11.7 Å². The minimum Gasteiger partial charge on any atom is -0.505 e. The molecule has 0 heterocycles. The van der Waals surface area contributed by atoms with Crippen LogP contribution in [0, 0.1) is 23.4 Å². The Balaban J connectivity index is 0.00000186. The van der Waals surface area contributed by atoms with Crippen molar-refractivity contribution in [2.45, 2.75) is 64.7 Å². The zero-order valence-electron chi connectivity index (χ0n) is 21.3. The van der Waals surface area contributed by atoms with Gasteiger partial charge in [0.05, 0.1) is 6.61 Å². The smallest absolute Gasteiger partial charge is 0.276 e. The average molecular weight is 521 g/mol. The van der Waals surface area contributed by atoms with Crippen LogP contribution in [0.4, 0.5) is 22.0 Å². The molecular weight excluding hydrogens is 487 g/mol. The van der Waals surface area contributed by atoms with Crippen molar-refractivity contribution in [3.63, 3.8) is 0 Å². The lowest BCUT2D eigenvalue weighted by Crippen LogP contribution is -2.18. The Morgan fingerprint density at radius 3 is 2.03 bits per heavy atom. The van der Waals surface area contributed by atoms with Crippen molar-refractivity contribution in [3.05, 3.63) is 83.2 Å². The van der Waals surface area contributed by atoms with Crippen LogP contribution in [0.15, 0.2) is 54.6 Å². The molecule has 37 heavy (non-hydrogen) atoms. The van der Waals surface area contributed by atoms with Crippen LogP contribution in [0.25, 0.3) is 11.1 Å². The van der Waals surface area contributed by atoms with Gasteiger partial charge < -0.3 is 9.84 Å². The highest BCUT2D eigenvalue weighted by Crippen LogP contribution is 2.38. The molecule has 7 heteroatoms. The van der Waals surface area contributed by atoms with Gasteiger partial charge in [0.1, 0.15) is 5.82 Å². The Bertz CT molecular complexity index is 1190. The standard InChI is InChI=1S/C28H27F5O2.C2H6/c1-17-2-4-18(5-3-17)22-9-6-19(14-23(22)29)20-7-11-27(25(31)15-20)35-13-12-28(32,33)21-8-10-26(34)24(30)16-21;1-2/h6-11,14-18,34H,2-5,12-13H2,1H3;1-2H3. The lowest BCUT2D eigenvalue weighted by molar-refractivity contribution is -0.0248. The van der Waals surface area contributed by atoms with E-state index in [9.17, 15) is 22.0 Å². The van der Waals surface area contributed by atoms with Crippen LogP contribution < -0.4 is 4.74 Å². The third-order valence-corrected chi connectivity index (χ3v) is 6.76. The fourth-order valence-corrected chi connectivity index (χ4v) is 4.57. The van der Waals surface area contributed by atoms with Gasteiger partial charge >= 0.3 is 0 Å². The van der Waals surface area contributed by atoms with E-state index in [1.165, 1.54) is 18.2 Å². The first-order valence-corrected chi connectivity index (χ1v) is 12.7. The third kappa shape index (κ3) is 7.02. The summed E-state index contributed by atoms with van der Waals surface area (Å²) in [5, 5.41) is 9.16. The van der Waals surface area contributed by atoms with Gasteiger partial charge in [0, 0.05) is 12.0 Å². The molecule has 0 unspecified atom stereocenters. The molecule has 2 nitrogen and oxygen atoms in total. The average Bonchev–Trinajstić information content (AvgIpc) is 2.88. The molecule has 0 amide bonds. The van der Waals surface area contributed by atoms with Gasteiger partial charge in [-0.2, -0.15) is 0 Å². The maximum absolute atomic E-state index is 14.8. The van der Waals surface area contributed by atoms with E-state index in [0.29, 0.717) is 28.7 Å². The summed E-state index contributed by atoms with van der Waals surface area (Å²) in [5.74, 6) is -5.72. The van der Waals surface area contributed by atoms with E-state index < -0.39 is 41.9 Å². The number of benzene rings is 3. The number of alkyl halides is 2. The fourth-order valence-electron chi connectivity index (χ4n) is 4.57. The third-order valence-electron chi connectivity index (χ3n) is 6.76. The van der Waals surface area contributed by atoms with Crippen LogP contribution in [0.5, 0.6) is 11.5 Å². The van der Waals surface area contributed by atoms with E-state index in [-0.39, 0.29) is 17.5 Å². The first-order chi connectivity index (χ1) is 17.6. The number of phenolic OH excluding ortho intramolecular Hbond substituents is 1. The van der Waals surface area contributed by atoms with Crippen LogP contribution >= 0.6 is 0 Å². The summed E-state index contributed by atoms with van der Waals surface area (Å²) < 4.78 is 76.7. The summed E-state index contributed by atoms with van der Waals surface area (Å²) >= 11 is 0. The summed E-state index contributed by atoms with van der Waals surface area (Å²) in [5.41, 5.74) is 1.04. The van der Waals surface area contributed by atoms with Crippen molar-refractivity contribution in [3.8, 4) is 22.6 Å². The van der Waals surface area contributed by atoms with Crippen molar-refractivity contribution in [2.24, 2.45) is 5.92 Å². The van der Waals surface area contributed by atoms with Crippen molar-refractivity contribution in [1.82, 2.24) is 0 Å². The van der Waals surface area contributed by atoms with Crippen LogP contribution in [-0.2, 0) is 5.92 Å². The van der Waals surface area contributed by atoms with Gasteiger partial charge in [-0.15, -0.1) is 0 Å². The molecule has 0 aliphatic heterocycles. The molecule has 0 spiro atoms. The molecule has 0 saturated heterocycles. The highest BCUT2D eigenvalue weighted by molar-refractivity contribution is 5.65. The Kier molecular flexibility index (Phi) is 9.57. The Morgan fingerprint density at radius 1 is 0.811 bits per heavy atom. The monoisotopic (exact) mass is 520 g/mol. The van der Waals surface area contributed by atoms with Crippen molar-refractivity contribution in [1.29, 1.82) is 0 Å². The molecular formula is C30H33F5O2. The Hall–Kier alpha value is -3.09. The number of halogens is 5. The highest BCUT2D eigenvalue weighted by Gasteiger charge is 2.32. The van der Waals surface area contributed by atoms with Crippen LogP contribution in [0.3, 0.4) is 0 Å². The van der Waals surface area contributed by atoms with E-state index >= 15 is 0 Å². The summed E-state index contributed by atoms with van der Waals surface area (Å²) in [4.78, 5) is 0. The Morgan fingerprint density at radius 2 is 1.43 bits per heavy atom. The van der Waals surface area contributed by atoms with Gasteiger partial charge in [0.25, 0.3) is 5.92 Å². The largest absolute Gasteiger partial charge is 0.505 e. The van der Waals surface area contributed by atoms with E-state index in [1.807, 2.05) is 13.8 Å². The SMILES string of the molecule is CC.CC1CCC(c2ccc(-c3ccc(OCCC(F)(F)c4ccc(O)c(F)c4)c(F)c3)cc2F)CC1. The number of rotatable bonds is 7. The van der Waals surface area contributed by atoms with E-state index in [2.05, 4.69) is 6.92 Å². The summed E-state index contributed by atoms with van der Waals surface area (Å²) in [6.07, 6.45) is 3.26. The van der Waals surface area contributed by atoms with E-state index in [4.69, 9.17) is 9.84 Å². The molecule has 1 saturated carbocycles. The minimum absolute atomic E-state index is 0.198. The Labute approximate surface area is 215 Å². The summed E-state index contributed by atoms with van der Waals surface area (Å²) in [6, 6.07) is 11.3. The zero-order chi connectivity index (χ0) is 27.2. The molecule has 0 atom stereocenters. The molecule has 0 radical (unpaired) electrons. The van der Waals surface area contributed by atoms with E-state index in [0.717, 1.165) is 37.8 Å². The summed E-state index contributed by atoms with van der Waals surface area (Å²) in [7, 11) is 0. The van der Waals surface area contributed by atoms with E-state index in [1.54, 1.807) is 18.2 Å². The predicted octanol–water partition coefficient (Wildman–Crippen LogP) is 9.36. The normalized spacial score (nSPS) is 17.6. The summed E-state index contributed by atoms with van der Waals surface area (Å²) in [6.45, 7) is 5.69. The second-order valence-electron chi connectivity index (χ2n) is 9.31. The van der Waals surface area contributed by atoms with Gasteiger partial charge in [-0.05, 0) is 77.8 Å². The van der Waals surface area contributed by atoms with Crippen LogP contribution in [0.1, 0.15) is 69.9 Å². The van der Waals surface area contributed by atoms with Gasteiger partial charge in [-0.25, -0.2) is 22.0 Å². The molecule has 1 aliphatic carbocycles. The molecule has 3 aromatic rings. The molecule has 1 N–H and O–H groups in total. The topological polar surface area (TPSA) is 29.5 Å². The van der Waals surface area contributed by atoms with Gasteiger partial charge in [0.2, 0.25) is 0 Å². The molecule has 0 aromatic heterocycles. The number of ether oxygens (including phenoxy) is 1. The molecule has 1 fully saturated rings. The van der Waals surface area contributed by atoms with Crippen molar-refractivity contribution >= 4 is 0 Å². The van der Waals surface area contributed by atoms with Crippen molar-refractivity contribution < 1.29 is 31.8 Å². The number of hydrogen-bond donors (Lipinski definition) is 1. The lowest BCUT2D eigenvalue weighted by atomic mass is 9.79. The number of aromatic hydroxyl groups is 1. The minimum atomic E-state index is -3.43. The predicted molar refractivity (Wildman–Crippen MR) is 136 cm³/mol. The maximum atomic E-state index is 14.8. The molecule has 3 aromatic carbocycles. The molecule has 200 valence electrons. The van der Waals surface area contributed by atoms with Gasteiger partial charge in [-0.1, -0.05) is 51.8 Å². The van der Waals surface area contributed by atoms with Crippen molar-refractivity contribution in [2.75, 3.05) is 6.61 Å². The van der Waals surface area contributed by atoms with Gasteiger partial charge in [-0.3, -0.25) is 0 Å². The highest BCUT2D eigenvalue weighted by atomic mass is 19.3. The number of phenols is 1. The van der Waals surface area contributed by atoms with Crippen LogP contribution in [0.2, 0.25) is 0 Å². The quantitative estimate of drug-likeness (QED) is 0.315.